The van der Waals surface area contributed by atoms with E-state index >= 15 is 0 Å². The van der Waals surface area contributed by atoms with Crippen molar-refractivity contribution in [2.45, 2.75) is 44.9 Å². The molecule has 4 heterocycles. The van der Waals surface area contributed by atoms with E-state index in [1.807, 2.05) is 24.8 Å². The monoisotopic (exact) mass is 400 g/mol. The highest BCUT2D eigenvalue weighted by molar-refractivity contribution is 5.89. The minimum absolute atomic E-state index is 0.115. The Morgan fingerprint density at radius 2 is 2.28 bits per heavy atom. The van der Waals surface area contributed by atoms with Crippen molar-refractivity contribution in [3.8, 4) is 0 Å². The molecule has 0 aliphatic carbocycles. The number of anilines is 1. The SMILES string of the molecule is CC1OC[C@@H](C)NC(=O)n2ccc3cnc(nc32)N2CCC[C@@H]2/C1=C/C(F)=C\N. The maximum absolute atomic E-state index is 14.1. The van der Waals surface area contributed by atoms with Crippen LogP contribution >= 0.6 is 0 Å². The highest BCUT2D eigenvalue weighted by Gasteiger charge is 2.33. The van der Waals surface area contributed by atoms with Crippen molar-refractivity contribution in [3.63, 3.8) is 0 Å². The molecule has 2 aliphatic rings. The van der Waals surface area contributed by atoms with Crippen LogP contribution in [0, 0.1) is 0 Å². The van der Waals surface area contributed by atoms with E-state index in [0.717, 1.165) is 36.5 Å². The summed E-state index contributed by atoms with van der Waals surface area (Å²) in [7, 11) is 0. The lowest BCUT2D eigenvalue weighted by atomic mass is 9.99. The molecular formula is C20H25FN6O2. The second-order valence-electron chi connectivity index (χ2n) is 7.51. The first kappa shape index (κ1) is 19.4. The number of nitrogens with zero attached hydrogens (tertiary/aromatic N) is 4. The van der Waals surface area contributed by atoms with E-state index in [9.17, 15) is 9.18 Å². The Balaban J connectivity index is 1.84. The third-order valence-corrected chi connectivity index (χ3v) is 5.43. The predicted octanol–water partition coefficient (Wildman–Crippen LogP) is 2.46. The third-order valence-electron chi connectivity index (χ3n) is 5.43. The number of amides is 1. The van der Waals surface area contributed by atoms with Gasteiger partial charge in [-0.15, -0.1) is 0 Å². The summed E-state index contributed by atoms with van der Waals surface area (Å²) >= 11 is 0. The molecule has 8 nitrogen and oxygen atoms in total. The Morgan fingerprint density at radius 1 is 1.45 bits per heavy atom. The molecule has 1 saturated heterocycles. The van der Waals surface area contributed by atoms with Crippen LogP contribution in [0.4, 0.5) is 15.1 Å². The summed E-state index contributed by atoms with van der Waals surface area (Å²) in [5.41, 5.74) is 6.69. The van der Waals surface area contributed by atoms with Crippen molar-refractivity contribution in [1.29, 1.82) is 0 Å². The Bertz CT molecular complexity index is 985. The van der Waals surface area contributed by atoms with E-state index in [-0.39, 0.29) is 24.2 Å². The number of carbonyl (C=O) groups excluding carboxylic acids is 1. The molecule has 29 heavy (non-hydrogen) atoms. The summed E-state index contributed by atoms with van der Waals surface area (Å²) in [5.74, 6) is -0.00602. The molecule has 3 atom stereocenters. The summed E-state index contributed by atoms with van der Waals surface area (Å²) in [4.78, 5) is 23.9. The van der Waals surface area contributed by atoms with Gasteiger partial charge < -0.3 is 20.7 Å². The molecule has 0 saturated carbocycles. The molecule has 2 aromatic rings. The molecule has 1 amide bonds. The Morgan fingerprint density at radius 3 is 3.07 bits per heavy atom. The summed E-state index contributed by atoms with van der Waals surface area (Å²) in [6.07, 6.45) is 7.16. The highest BCUT2D eigenvalue weighted by atomic mass is 19.1. The molecular weight excluding hydrogens is 375 g/mol. The van der Waals surface area contributed by atoms with Gasteiger partial charge >= 0.3 is 6.03 Å². The minimum atomic E-state index is -0.516. The van der Waals surface area contributed by atoms with Gasteiger partial charge in [0.05, 0.1) is 24.8 Å². The molecule has 0 radical (unpaired) electrons. The normalized spacial score (nSPS) is 27.5. The quantitative estimate of drug-likeness (QED) is 0.763. The summed E-state index contributed by atoms with van der Waals surface area (Å²) in [5, 5.41) is 3.69. The van der Waals surface area contributed by atoms with Crippen molar-refractivity contribution in [2.75, 3.05) is 18.1 Å². The van der Waals surface area contributed by atoms with Gasteiger partial charge in [0, 0.05) is 30.5 Å². The number of hydrogen-bond acceptors (Lipinski definition) is 6. The fraction of sp³-hybridized carbons (Fsp3) is 0.450. The van der Waals surface area contributed by atoms with Crippen LogP contribution in [0.25, 0.3) is 11.0 Å². The molecule has 0 aromatic carbocycles. The molecule has 1 fully saturated rings. The third kappa shape index (κ3) is 3.69. The predicted molar refractivity (Wildman–Crippen MR) is 108 cm³/mol. The first-order valence-electron chi connectivity index (χ1n) is 9.80. The number of aromatic nitrogens is 3. The van der Waals surface area contributed by atoms with E-state index in [1.165, 1.54) is 10.6 Å². The number of allylic oxidation sites excluding steroid dienone is 2. The number of halogens is 1. The molecule has 4 rings (SSSR count). The Hall–Kier alpha value is -2.94. The number of fused-ring (bicyclic) bond motifs is 3. The van der Waals surface area contributed by atoms with E-state index in [2.05, 4.69) is 15.3 Å². The van der Waals surface area contributed by atoms with Crippen LogP contribution in [0.3, 0.4) is 0 Å². The largest absolute Gasteiger partial charge is 0.402 e. The van der Waals surface area contributed by atoms with Gasteiger partial charge in [0.15, 0.2) is 5.65 Å². The van der Waals surface area contributed by atoms with Gasteiger partial charge in [-0.1, -0.05) is 0 Å². The first-order chi connectivity index (χ1) is 14.0. The van der Waals surface area contributed by atoms with Crippen molar-refractivity contribution < 1.29 is 13.9 Å². The van der Waals surface area contributed by atoms with Gasteiger partial charge in [-0.05, 0) is 44.4 Å². The first-order valence-corrected chi connectivity index (χ1v) is 9.80. The number of carbonyl (C=O) groups is 1. The van der Waals surface area contributed by atoms with Crippen LogP contribution in [0.15, 0.2) is 42.1 Å². The number of hydrogen-bond donors (Lipinski definition) is 2. The van der Waals surface area contributed by atoms with Crippen LogP contribution in [-0.4, -0.2) is 51.9 Å². The number of nitrogens with two attached hydrogens (primary N) is 1. The smallest absolute Gasteiger partial charge is 0.327 e. The molecule has 9 heteroatoms. The maximum atomic E-state index is 14.1. The van der Waals surface area contributed by atoms with Crippen molar-refractivity contribution in [2.24, 2.45) is 5.73 Å². The zero-order valence-corrected chi connectivity index (χ0v) is 16.5. The molecule has 2 bridgehead atoms. The highest BCUT2D eigenvalue weighted by Crippen LogP contribution is 2.31. The van der Waals surface area contributed by atoms with E-state index in [4.69, 9.17) is 10.5 Å². The Labute approximate surface area is 168 Å². The minimum Gasteiger partial charge on any atom is -0.402 e. The zero-order valence-electron chi connectivity index (χ0n) is 16.5. The number of ether oxygens (including phenoxy) is 1. The average Bonchev–Trinajstić information content (AvgIpc) is 3.35. The Kier molecular flexibility index (Phi) is 5.23. The van der Waals surface area contributed by atoms with E-state index in [1.54, 1.807) is 12.4 Å². The van der Waals surface area contributed by atoms with E-state index < -0.39 is 5.83 Å². The molecule has 2 aliphatic heterocycles. The van der Waals surface area contributed by atoms with Crippen LogP contribution in [0.5, 0.6) is 0 Å². The van der Waals surface area contributed by atoms with Crippen LogP contribution in [0.1, 0.15) is 26.7 Å². The topological polar surface area (TPSA) is 98.3 Å². The van der Waals surface area contributed by atoms with Crippen LogP contribution < -0.4 is 16.0 Å². The lowest BCUT2D eigenvalue weighted by Gasteiger charge is -2.30. The molecule has 2 aromatic heterocycles. The molecule has 3 N–H and O–H groups in total. The van der Waals surface area contributed by atoms with Gasteiger partial charge in [-0.25, -0.2) is 14.2 Å². The summed E-state index contributed by atoms with van der Waals surface area (Å²) in [6.45, 7) is 4.77. The van der Waals surface area contributed by atoms with Gasteiger partial charge in [-0.2, -0.15) is 4.98 Å². The number of rotatable bonds is 1. The summed E-state index contributed by atoms with van der Waals surface area (Å²) in [6, 6.07) is 1.18. The average molecular weight is 400 g/mol. The summed E-state index contributed by atoms with van der Waals surface area (Å²) < 4.78 is 21.6. The van der Waals surface area contributed by atoms with Crippen molar-refractivity contribution in [1.82, 2.24) is 19.9 Å². The fourth-order valence-corrected chi connectivity index (χ4v) is 3.96. The lowest BCUT2D eigenvalue weighted by molar-refractivity contribution is 0.0729. The maximum Gasteiger partial charge on any atom is 0.327 e. The van der Waals surface area contributed by atoms with Gasteiger partial charge in [0.2, 0.25) is 5.95 Å². The molecule has 154 valence electrons. The van der Waals surface area contributed by atoms with Crippen LogP contribution in [0.2, 0.25) is 0 Å². The van der Waals surface area contributed by atoms with Gasteiger partial charge in [0.1, 0.15) is 5.83 Å². The van der Waals surface area contributed by atoms with Gasteiger partial charge in [-0.3, -0.25) is 4.57 Å². The fourth-order valence-electron chi connectivity index (χ4n) is 3.96. The lowest BCUT2D eigenvalue weighted by Crippen LogP contribution is -2.40. The van der Waals surface area contributed by atoms with Crippen molar-refractivity contribution in [3.05, 3.63) is 42.1 Å². The van der Waals surface area contributed by atoms with Crippen LogP contribution in [-0.2, 0) is 4.74 Å². The van der Waals surface area contributed by atoms with Gasteiger partial charge in [0.25, 0.3) is 0 Å². The van der Waals surface area contributed by atoms with Crippen molar-refractivity contribution >= 4 is 23.0 Å². The second kappa shape index (κ2) is 7.82. The zero-order chi connectivity index (χ0) is 20.5. The second-order valence-corrected chi connectivity index (χ2v) is 7.51. The van der Waals surface area contributed by atoms with E-state index in [0.29, 0.717) is 18.2 Å². The number of nitrogens with one attached hydrogen (secondary N) is 1. The standard InChI is InChI=1S/C20H25FN6O2/c1-12-11-29-13(2)16(8-15(21)9-22)17-4-3-6-26(17)19-23-10-14-5-7-27(18(14)25-19)20(28)24-12/h5,7-10,12-13,17H,3-4,6,11,22H2,1-2H3,(H,24,28)/b15-9+,16-8+/t12-,13?,17-/m1/s1. The molecule has 1 unspecified atom stereocenters. The molecule has 0 spiro atoms.